The average molecular weight is 375 g/mol. The number of hydrogen-bond acceptors (Lipinski definition) is 4. The number of rotatable bonds is 3. The standard InChI is InChI=1S/C20H19F2NO4/c21-13-4-5-14(15(22)12-13)20(6-8-25-9-7-20)19(24)23-16-2-1-3-17-18(16)27-11-10-26-17/h1-5,12H,6-11H2,(H,23,24). The lowest BCUT2D eigenvalue weighted by molar-refractivity contribution is -0.125. The Labute approximate surface area is 155 Å². The van der Waals surface area contributed by atoms with Crippen molar-refractivity contribution in [2.45, 2.75) is 18.3 Å². The summed E-state index contributed by atoms with van der Waals surface area (Å²) >= 11 is 0. The summed E-state index contributed by atoms with van der Waals surface area (Å²) in [6.07, 6.45) is 0.599. The predicted octanol–water partition coefficient (Wildman–Crippen LogP) is 3.42. The second-order valence-electron chi connectivity index (χ2n) is 6.60. The highest BCUT2D eigenvalue weighted by Gasteiger charge is 2.44. The molecule has 7 heteroatoms. The van der Waals surface area contributed by atoms with Gasteiger partial charge in [-0.05, 0) is 31.0 Å². The monoisotopic (exact) mass is 375 g/mol. The number of hydrogen-bond donors (Lipinski definition) is 1. The van der Waals surface area contributed by atoms with E-state index >= 15 is 0 Å². The summed E-state index contributed by atoms with van der Waals surface area (Å²) in [5.41, 5.74) is -0.508. The van der Waals surface area contributed by atoms with E-state index in [9.17, 15) is 13.6 Å². The van der Waals surface area contributed by atoms with Gasteiger partial charge < -0.3 is 19.5 Å². The van der Waals surface area contributed by atoms with E-state index < -0.39 is 17.0 Å². The molecule has 1 fully saturated rings. The number of para-hydroxylation sites is 1. The zero-order valence-electron chi connectivity index (χ0n) is 14.6. The molecule has 27 heavy (non-hydrogen) atoms. The summed E-state index contributed by atoms with van der Waals surface area (Å²) in [4.78, 5) is 13.3. The van der Waals surface area contributed by atoms with Crippen LogP contribution in [0.2, 0.25) is 0 Å². The maximum atomic E-state index is 14.5. The van der Waals surface area contributed by atoms with Crippen molar-refractivity contribution in [1.82, 2.24) is 0 Å². The van der Waals surface area contributed by atoms with Gasteiger partial charge in [0.05, 0.1) is 11.1 Å². The molecule has 0 aliphatic carbocycles. The van der Waals surface area contributed by atoms with Gasteiger partial charge in [0.2, 0.25) is 5.91 Å². The van der Waals surface area contributed by atoms with Gasteiger partial charge in [0.25, 0.3) is 0 Å². The first kappa shape index (κ1) is 17.7. The van der Waals surface area contributed by atoms with Crippen molar-refractivity contribution in [3.05, 3.63) is 53.6 Å². The molecule has 0 radical (unpaired) electrons. The Kier molecular flexibility index (Phi) is 4.70. The maximum absolute atomic E-state index is 14.5. The third kappa shape index (κ3) is 3.23. The molecule has 5 nitrogen and oxygen atoms in total. The van der Waals surface area contributed by atoms with Crippen molar-refractivity contribution in [3.63, 3.8) is 0 Å². The fourth-order valence-electron chi connectivity index (χ4n) is 3.63. The smallest absolute Gasteiger partial charge is 0.235 e. The topological polar surface area (TPSA) is 56.8 Å². The van der Waals surface area contributed by atoms with E-state index in [0.29, 0.717) is 56.5 Å². The highest BCUT2D eigenvalue weighted by Crippen LogP contribution is 2.41. The van der Waals surface area contributed by atoms with Crippen LogP contribution >= 0.6 is 0 Å². The number of carbonyl (C=O) groups excluding carboxylic acids is 1. The fraction of sp³-hybridized carbons (Fsp3) is 0.350. The molecule has 2 aromatic carbocycles. The second-order valence-corrected chi connectivity index (χ2v) is 6.60. The van der Waals surface area contributed by atoms with Gasteiger partial charge >= 0.3 is 0 Å². The molecule has 0 spiro atoms. The third-order valence-electron chi connectivity index (χ3n) is 5.04. The number of anilines is 1. The van der Waals surface area contributed by atoms with E-state index in [4.69, 9.17) is 14.2 Å². The predicted molar refractivity (Wildman–Crippen MR) is 94.2 cm³/mol. The molecular weight excluding hydrogens is 356 g/mol. The first-order valence-corrected chi connectivity index (χ1v) is 8.83. The quantitative estimate of drug-likeness (QED) is 0.893. The minimum atomic E-state index is -1.14. The van der Waals surface area contributed by atoms with Crippen LogP contribution < -0.4 is 14.8 Å². The number of nitrogens with one attached hydrogen (secondary N) is 1. The number of fused-ring (bicyclic) bond motifs is 1. The molecule has 1 saturated heterocycles. The fourth-order valence-corrected chi connectivity index (χ4v) is 3.63. The van der Waals surface area contributed by atoms with Gasteiger partial charge in [0.1, 0.15) is 24.8 Å². The lowest BCUT2D eigenvalue weighted by Gasteiger charge is -2.36. The summed E-state index contributed by atoms with van der Waals surface area (Å²) in [6.45, 7) is 1.45. The summed E-state index contributed by atoms with van der Waals surface area (Å²) < 4.78 is 44.5. The normalized spacial score (nSPS) is 18.0. The zero-order chi connectivity index (χ0) is 18.9. The van der Waals surface area contributed by atoms with Crippen molar-refractivity contribution in [3.8, 4) is 11.5 Å². The minimum absolute atomic E-state index is 0.173. The number of ether oxygens (including phenoxy) is 3. The molecule has 2 aromatic rings. The number of carbonyl (C=O) groups is 1. The van der Waals surface area contributed by atoms with E-state index in [2.05, 4.69) is 5.32 Å². The Morgan fingerprint density at radius 2 is 1.78 bits per heavy atom. The van der Waals surface area contributed by atoms with Gasteiger partial charge in [-0.2, -0.15) is 0 Å². The lowest BCUT2D eigenvalue weighted by atomic mass is 9.73. The minimum Gasteiger partial charge on any atom is -0.486 e. The van der Waals surface area contributed by atoms with Gasteiger partial charge in [-0.1, -0.05) is 12.1 Å². The summed E-state index contributed by atoms with van der Waals surface area (Å²) in [7, 11) is 0. The zero-order valence-corrected chi connectivity index (χ0v) is 14.6. The summed E-state index contributed by atoms with van der Waals surface area (Å²) in [6, 6.07) is 8.53. The van der Waals surface area contributed by atoms with Crippen molar-refractivity contribution in [2.24, 2.45) is 0 Å². The molecule has 2 aliphatic heterocycles. The van der Waals surface area contributed by atoms with E-state index in [1.165, 1.54) is 12.1 Å². The average Bonchev–Trinajstić information content (AvgIpc) is 2.69. The Balaban J connectivity index is 1.70. The molecule has 1 amide bonds. The molecule has 0 atom stereocenters. The van der Waals surface area contributed by atoms with Gasteiger partial charge in [0, 0.05) is 24.8 Å². The molecule has 2 heterocycles. The van der Waals surface area contributed by atoms with Crippen LogP contribution in [0, 0.1) is 11.6 Å². The molecule has 0 aromatic heterocycles. The van der Waals surface area contributed by atoms with E-state index in [0.717, 1.165) is 6.07 Å². The highest BCUT2D eigenvalue weighted by molar-refractivity contribution is 6.00. The van der Waals surface area contributed by atoms with Crippen LogP contribution in [-0.4, -0.2) is 32.3 Å². The van der Waals surface area contributed by atoms with Gasteiger partial charge in [-0.15, -0.1) is 0 Å². The summed E-state index contributed by atoms with van der Waals surface area (Å²) in [5, 5.41) is 2.86. The number of amides is 1. The maximum Gasteiger partial charge on any atom is 0.235 e. The SMILES string of the molecule is O=C(Nc1cccc2c1OCCO2)C1(c2ccc(F)cc2F)CCOCC1. The van der Waals surface area contributed by atoms with E-state index in [-0.39, 0.29) is 11.5 Å². The van der Waals surface area contributed by atoms with E-state index in [1.54, 1.807) is 18.2 Å². The Bertz CT molecular complexity index is 865. The van der Waals surface area contributed by atoms with Gasteiger partial charge in [-0.3, -0.25) is 4.79 Å². The van der Waals surface area contributed by atoms with Gasteiger partial charge in [0.15, 0.2) is 11.5 Å². The number of benzene rings is 2. The van der Waals surface area contributed by atoms with Crippen LogP contribution in [0.25, 0.3) is 0 Å². The Morgan fingerprint density at radius 3 is 2.56 bits per heavy atom. The molecule has 0 saturated carbocycles. The van der Waals surface area contributed by atoms with Crippen LogP contribution in [0.1, 0.15) is 18.4 Å². The highest BCUT2D eigenvalue weighted by atomic mass is 19.1. The third-order valence-corrected chi connectivity index (χ3v) is 5.04. The van der Waals surface area contributed by atoms with Crippen molar-refractivity contribution in [2.75, 3.05) is 31.7 Å². The molecule has 4 rings (SSSR count). The van der Waals surface area contributed by atoms with Crippen LogP contribution in [0.15, 0.2) is 36.4 Å². The van der Waals surface area contributed by atoms with E-state index in [1.807, 2.05) is 0 Å². The first-order valence-electron chi connectivity index (χ1n) is 8.83. The number of halogens is 2. The molecule has 0 bridgehead atoms. The molecule has 1 N–H and O–H groups in total. The Hall–Kier alpha value is -2.67. The van der Waals surface area contributed by atoms with Crippen LogP contribution in [0.4, 0.5) is 14.5 Å². The molecular formula is C20H19F2NO4. The van der Waals surface area contributed by atoms with Crippen molar-refractivity contribution >= 4 is 11.6 Å². The molecule has 0 unspecified atom stereocenters. The largest absolute Gasteiger partial charge is 0.486 e. The van der Waals surface area contributed by atoms with Gasteiger partial charge in [-0.25, -0.2) is 8.78 Å². The van der Waals surface area contributed by atoms with Crippen LogP contribution in [0.3, 0.4) is 0 Å². The molecule has 142 valence electrons. The first-order chi connectivity index (χ1) is 13.1. The lowest BCUT2D eigenvalue weighted by Crippen LogP contribution is -2.45. The van der Waals surface area contributed by atoms with Crippen molar-refractivity contribution < 1.29 is 27.8 Å². The van der Waals surface area contributed by atoms with Crippen LogP contribution in [-0.2, 0) is 14.9 Å². The molecule has 2 aliphatic rings. The second kappa shape index (κ2) is 7.15. The summed E-state index contributed by atoms with van der Waals surface area (Å²) in [5.74, 6) is -0.783. The van der Waals surface area contributed by atoms with Crippen molar-refractivity contribution in [1.29, 1.82) is 0 Å². The Morgan fingerprint density at radius 1 is 1.00 bits per heavy atom. The van der Waals surface area contributed by atoms with Crippen LogP contribution in [0.5, 0.6) is 11.5 Å².